The summed E-state index contributed by atoms with van der Waals surface area (Å²) in [5.74, 6) is -0.579. The monoisotopic (exact) mass is 396 g/mol. The molecule has 150 valence electrons. The van der Waals surface area contributed by atoms with Crippen molar-refractivity contribution in [1.82, 2.24) is 0 Å². The van der Waals surface area contributed by atoms with Crippen LogP contribution in [0.4, 0.5) is 0 Å². The number of hydrogen-bond donors (Lipinski definition) is 0. The fourth-order valence-corrected chi connectivity index (χ4v) is 2.83. The van der Waals surface area contributed by atoms with Gasteiger partial charge in [-0.05, 0) is 62.2 Å². The molecule has 29 heavy (non-hydrogen) atoms. The van der Waals surface area contributed by atoms with Crippen LogP contribution in [-0.4, -0.2) is 25.2 Å². The Labute approximate surface area is 166 Å². The van der Waals surface area contributed by atoms with E-state index in [0.29, 0.717) is 11.1 Å². The minimum absolute atomic E-state index is 0.148. The van der Waals surface area contributed by atoms with Crippen LogP contribution in [0.3, 0.4) is 0 Å². The number of hydrogen-bond acceptors (Lipinski definition) is 7. The summed E-state index contributed by atoms with van der Waals surface area (Å²) in [7, 11) is 0. The lowest BCUT2D eigenvalue weighted by Crippen LogP contribution is -2.18. The highest BCUT2D eigenvalue weighted by atomic mass is 16.6. The molecule has 7 nitrogen and oxygen atoms in total. The predicted molar refractivity (Wildman–Crippen MR) is 105 cm³/mol. The molecule has 0 unspecified atom stereocenters. The molecule has 0 N–H and O–H groups in total. The summed E-state index contributed by atoms with van der Waals surface area (Å²) in [4.78, 5) is 35.9. The number of carbonyl (C=O) groups is 2. The van der Waals surface area contributed by atoms with Gasteiger partial charge in [-0.3, -0.25) is 0 Å². The van der Waals surface area contributed by atoms with Crippen molar-refractivity contribution in [3.05, 3.63) is 69.6 Å². The molecule has 3 aromatic rings. The van der Waals surface area contributed by atoms with Crippen molar-refractivity contribution in [3.63, 3.8) is 0 Å². The van der Waals surface area contributed by atoms with Gasteiger partial charge in [0.05, 0.1) is 6.61 Å². The fraction of sp³-hybridized carbons (Fsp3) is 0.227. The van der Waals surface area contributed by atoms with Crippen molar-refractivity contribution >= 4 is 22.9 Å². The van der Waals surface area contributed by atoms with Crippen LogP contribution in [0, 0.1) is 13.8 Å². The van der Waals surface area contributed by atoms with Crippen LogP contribution in [0.1, 0.15) is 28.4 Å². The van der Waals surface area contributed by atoms with Crippen LogP contribution in [0.2, 0.25) is 0 Å². The first-order chi connectivity index (χ1) is 13.9. The van der Waals surface area contributed by atoms with E-state index in [1.165, 1.54) is 18.2 Å². The van der Waals surface area contributed by atoms with E-state index in [9.17, 15) is 14.4 Å². The van der Waals surface area contributed by atoms with Crippen LogP contribution in [0.5, 0.6) is 11.5 Å². The van der Waals surface area contributed by atoms with E-state index in [-0.39, 0.29) is 30.1 Å². The molecular weight excluding hydrogens is 376 g/mol. The van der Waals surface area contributed by atoms with Crippen LogP contribution in [0.25, 0.3) is 11.0 Å². The standard InChI is InChI=1S/C22H20O7/c1-4-26-21(24)18-10-15-5-6-16(11-19(15)29-22(18)25)28-20(23)12-27-17-8-13(2)7-14(3)9-17/h5-11H,4,12H2,1-3H3. The first-order valence-electron chi connectivity index (χ1n) is 9.02. The normalized spacial score (nSPS) is 10.6. The van der Waals surface area contributed by atoms with Gasteiger partial charge in [0.15, 0.2) is 6.61 Å². The van der Waals surface area contributed by atoms with Gasteiger partial charge < -0.3 is 18.6 Å². The summed E-state index contributed by atoms with van der Waals surface area (Å²) in [6.07, 6.45) is 0. The second-order valence-corrected chi connectivity index (χ2v) is 6.45. The van der Waals surface area contributed by atoms with Gasteiger partial charge in [0.2, 0.25) is 0 Å². The van der Waals surface area contributed by atoms with E-state index in [1.807, 2.05) is 32.0 Å². The molecule has 0 fully saturated rings. The lowest BCUT2D eigenvalue weighted by Gasteiger charge is -2.09. The maximum atomic E-state index is 12.1. The first kappa shape index (κ1) is 20.1. The number of rotatable bonds is 6. The van der Waals surface area contributed by atoms with Gasteiger partial charge in [0.25, 0.3) is 0 Å². The average molecular weight is 396 g/mol. The van der Waals surface area contributed by atoms with Gasteiger partial charge in [0.1, 0.15) is 22.6 Å². The predicted octanol–water partition coefficient (Wildman–Crippen LogP) is 3.57. The topological polar surface area (TPSA) is 92.0 Å². The Morgan fingerprint density at radius 1 is 0.966 bits per heavy atom. The zero-order valence-corrected chi connectivity index (χ0v) is 16.3. The van der Waals surface area contributed by atoms with Gasteiger partial charge in [-0.15, -0.1) is 0 Å². The summed E-state index contributed by atoms with van der Waals surface area (Å²) in [6, 6.07) is 11.5. The van der Waals surface area contributed by atoms with E-state index >= 15 is 0 Å². The molecule has 7 heteroatoms. The number of aryl methyl sites for hydroxylation is 2. The van der Waals surface area contributed by atoms with E-state index in [0.717, 1.165) is 11.1 Å². The van der Waals surface area contributed by atoms with Crippen molar-refractivity contribution in [2.24, 2.45) is 0 Å². The van der Waals surface area contributed by atoms with E-state index in [2.05, 4.69) is 0 Å². The summed E-state index contributed by atoms with van der Waals surface area (Å²) in [5, 5.41) is 0.499. The highest BCUT2D eigenvalue weighted by Crippen LogP contribution is 2.21. The third-order valence-corrected chi connectivity index (χ3v) is 3.99. The smallest absolute Gasteiger partial charge is 0.351 e. The van der Waals surface area contributed by atoms with E-state index < -0.39 is 17.6 Å². The molecule has 0 saturated carbocycles. The molecule has 1 heterocycles. The molecular formula is C22H20O7. The Morgan fingerprint density at radius 2 is 1.69 bits per heavy atom. The number of benzene rings is 2. The third-order valence-electron chi connectivity index (χ3n) is 3.99. The largest absolute Gasteiger partial charge is 0.482 e. The Kier molecular flexibility index (Phi) is 5.97. The van der Waals surface area contributed by atoms with Crippen LogP contribution in [-0.2, 0) is 9.53 Å². The number of ether oxygens (including phenoxy) is 3. The van der Waals surface area contributed by atoms with Crippen molar-refractivity contribution < 1.29 is 28.2 Å². The zero-order valence-electron chi connectivity index (χ0n) is 16.3. The number of esters is 2. The summed E-state index contributed by atoms with van der Waals surface area (Å²) >= 11 is 0. The maximum Gasteiger partial charge on any atom is 0.351 e. The number of carbonyl (C=O) groups excluding carboxylic acids is 2. The molecule has 0 aliphatic heterocycles. The van der Waals surface area contributed by atoms with Crippen molar-refractivity contribution in [2.75, 3.05) is 13.2 Å². The summed E-state index contributed by atoms with van der Waals surface area (Å²) < 4.78 is 20.7. The SMILES string of the molecule is CCOC(=O)c1cc2ccc(OC(=O)COc3cc(C)cc(C)c3)cc2oc1=O. The highest BCUT2D eigenvalue weighted by Gasteiger charge is 2.15. The number of fused-ring (bicyclic) bond motifs is 1. The van der Waals surface area contributed by atoms with Crippen molar-refractivity contribution in [1.29, 1.82) is 0 Å². The molecule has 0 amide bonds. The molecule has 1 aromatic heterocycles. The van der Waals surface area contributed by atoms with Crippen LogP contribution < -0.4 is 15.1 Å². The van der Waals surface area contributed by atoms with Crippen molar-refractivity contribution in [2.45, 2.75) is 20.8 Å². The Morgan fingerprint density at radius 3 is 2.38 bits per heavy atom. The minimum Gasteiger partial charge on any atom is -0.482 e. The lowest BCUT2D eigenvalue weighted by molar-refractivity contribution is -0.136. The minimum atomic E-state index is -0.822. The van der Waals surface area contributed by atoms with Gasteiger partial charge in [-0.2, -0.15) is 0 Å². The van der Waals surface area contributed by atoms with Gasteiger partial charge in [0, 0.05) is 11.5 Å². The molecule has 0 radical (unpaired) electrons. The van der Waals surface area contributed by atoms with Crippen LogP contribution >= 0.6 is 0 Å². The molecule has 0 atom stereocenters. The maximum absolute atomic E-state index is 12.1. The van der Waals surface area contributed by atoms with E-state index in [1.54, 1.807) is 13.0 Å². The zero-order chi connectivity index (χ0) is 21.0. The Balaban J connectivity index is 1.71. The Bertz CT molecular complexity index is 1110. The molecule has 0 bridgehead atoms. The lowest BCUT2D eigenvalue weighted by atomic mass is 10.1. The second kappa shape index (κ2) is 8.60. The molecule has 0 spiro atoms. The average Bonchev–Trinajstić information content (AvgIpc) is 2.65. The fourth-order valence-electron chi connectivity index (χ4n) is 2.83. The molecule has 0 aliphatic carbocycles. The molecule has 0 saturated heterocycles. The quantitative estimate of drug-likeness (QED) is 0.357. The van der Waals surface area contributed by atoms with Crippen molar-refractivity contribution in [3.8, 4) is 11.5 Å². The molecule has 3 rings (SSSR count). The summed E-state index contributed by atoms with van der Waals surface area (Å²) in [6.45, 7) is 5.40. The highest BCUT2D eigenvalue weighted by molar-refractivity contribution is 5.93. The summed E-state index contributed by atoms with van der Waals surface area (Å²) in [5.41, 5.74) is 1.23. The first-order valence-corrected chi connectivity index (χ1v) is 9.02. The van der Waals surface area contributed by atoms with Gasteiger partial charge in [-0.25, -0.2) is 14.4 Å². The van der Waals surface area contributed by atoms with Gasteiger partial charge in [-0.1, -0.05) is 6.07 Å². The van der Waals surface area contributed by atoms with Gasteiger partial charge >= 0.3 is 17.6 Å². The second-order valence-electron chi connectivity index (χ2n) is 6.45. The molecule has 0 aliphatic rings. The Hall–Kier alpha value is -3.61. The molecule has 2 aromatic carbocycles. The van der Waals surface area contributed by atoms with E-state index in [4.69, 9.17) is 18.6 Å². The third kappa shape index (κ3) is 5.01. The van der Waals surface area contributed by atoms with Crippen LogP contribution in [0.15, 0.2) is 51.7 Å².